The zero-order valence-corrected chi connectivity index (χ0v) is 18.6. The molecule has 0 fully saturated rings. The van der Waals surface area contributed by atoms with E-state index in [2.05, 4.69) is 25.6 Å². The van der Waals surface area contributed by atoms with E-state index in [4.69, 9.17) is 4.74 Å². The lowest BCUT2D eigenvalue weighted by Crippen LogP contribution is -2.18. The molecule has 1 nitrogen and oxygen atoms in total. The summed E-state index contributed by atoms with van der Waals surface area (Å²) in [6.45, 7) is 8.96. The molecule has 0 heterocycles. The Balaban J connectivity index is 1.64. The Morgan fingerprint density at radius 2 is 1.77 bits per heavy atom. The molecular weight excluding hydrogens is 391 g/mol. The predicted molar refractivity (Wildman–Crippen MR) is 125 cm³/mol. The molecular formula is C27H29FOS. The van der Waals surface area contributed by atoms with Crippen LogP contribution >= 0.6 is 11.8 Å². The molecule has 1 atom stereocenters. The maximum Gasteiger partial charge on any atom is 0.137 e. The fourth-order valence-corrected chi connectivity index (χ4v) is 4.44. The molecule has 0 amide bonds. The largest absolute Gasteiger partial charge is 0.494 e. The van der Waals surface area contributed by atoms with Crippen LogP contribution in [0.1, 0.15) is 37.8 Å². The Labute approximate surface area is 184 Å². The van der Waals surface area contributed by atoms with Crippen molar-refractivity contribution in [3.8, 4) is 5.75 Å². The van der Waals surface area contributed by atoms with Gasteiger partial charge in [0, 0.05) is 15.2 Å². The number of hydrogen-bond acceptors (Lipinski definition) is 2. The van der Waals surface area contributed by atoms with Gasteiger partial charge in [-0.15, -0.1) is 6.58 Å². The highest BCUT2D eigenvalue weighted by Crippen LogP contribution is 2.33. The van der Waals surface area contributed by atoms with Crippen LogP contribution in [0.15, 0.2) is 95.2 Å². The SMILES string of the molecule is C=CC(C)(CCCc1ccc(F)c(Sc2ccccc2)c1)c1ccc(OCC)cc1. The van der Waals surface area contributed by atoms with Gasteiger partial charge in [0.15, 0.2) is 0 Å². The summed E-state index contributed by atoms with van der Waals surface area (Å²) in [5, 5.41) is 0. The number of hydrogen-bond donors (Lipinski definition) is 0. The third-order valence-corrected chi connectivity index (χ3v) is 6.44. The Hall–Kier alpha value is -2.52. The van der Waals surface area contributed by atoms with Gasteiger partial charge >= 0.3 is 0 Å². The predicted octanol–water partition coefficient (Wildman–Crippen LogP) is 7.84. The molecule has 1 unspecified atom stereocenters. The first-order valence-electron chi connectivity index (χ1n) is 10.4. The molecule has 0 aliphatic rings. The van der Waals surface area contributed by atoms with Gasteiger partial charge in [-0.3, -0.25) is 0 Å². The van der Waals surface area contributed by atoms with Gasteiger partial charge in [-0.2, -0.15) is 0 Å². The molecule has 156 valence electrons. The van der Waals surface area contributed by atoms with Crippen molar-refractivity contribution in [2.24, 2.45) is 0 Å². The second kappa shape index (κ2) is 10.5. The van der Waals surface area contributed by atoms with Gasteiger partial charge < -0.3 is 4.74 Å². The monoisotopic (exact) mass is 420 g/mol. The smallest absolute Gasteiger partial charge is 0.137 e. The summed E-state index contributed by atoms with van der Waals surface area (Å²) in [6.07, 6.45) is 4.91. The second-order valence-corrected chi connectivity index (χ2v) is 8.73. The quantitative estimate of drug-likeness (QED) is 0.309. The van der Waals surface area contributed by atoms with E-state index in [9.17, 15) is 4.39 Å². The van der Waals surface area contributed by atoms with E-state index in [1.807, 2.05) is 67.6 Å². The van der Waals surface area contributed by atoms with Crippen LogP contribution in [0.4, 0.5) is 4.39 Å². The summed E-state index contributed by atoms with van der Waals surface area (Å²) in [5.41, 5.74) is 2.29. The Morgan fingerprint density at radius 3 is 2.43 bits per heavy atom. The van der Waals surface area contributed by atoms with Crippen LogP contribution in [-0.4, -0.2) is 6.61 Å². The normalized spacial score (nSPS) is 12.9. The number of rotatable bonds is 10. The lowest BCUT2D eigenvalue weighted by molar-refractivity contribution is 0.340. The number of benzene rings is 3. The van der Waals surface area contributed by atoms with Gasteiger partial charge in [0.05, 0.1) is 6.61 Å². The molecule has 0 spiro atoms. The highest BCUT2D eigenvalue weighted by molar-refractivity contribution is 7.99. The van der Waals surface area contributed by atoms with E-state index in [0.717, 1.165) is 35.5 Å². The van der Waals surface area contributed by atoms with Gasteiger partial charge in [0.1, 0.15) is 11.6 Å². The zero-order valence-electron chi connectivity index (χ0n) is 17.7. The molecule has 3 aromatic carbocycles. The molecule has 0 aliphatic heterocycles. The van der Waals surface area contributed by atoms with Gasteiger partial charge in [-0.25, -0.2) is 4.39 Å². The van der Waals surface area contributed by atoms with Crippen molar-refractivity contribution in [1.29, 1.82) is 0 Å². The summed E-state index contributed by atoms with van der Waals surface area (Å²) < 4.78 is 19.8. The van der Waals surface area contributed by atoms with Gasteiger partial charge in [0.2, 0.25) is 0 Å². The lowest BCUT2D eigenvalue weighted by Gasteiger charge is -2.27. The molecule has 3 rings (SSSR count). The maximum absolute atomic E-state index is 14.3. The number of aryl methyl sites for hydroxylation is 1. The number of halogens is 1. The van der Waals surface area contributed by atoms with Crippen LogP contribution in [0.5, 0.6) is 5.75 Å². The van der Waals surface area contributed by atoms with Crippen LogP contribution in [0.25, 0.3) is 0 Å². The van der Waals surface area contributed by atoms with Crippen molar-refractivity contribution in [1.82, 2.24) is 0 Å². The molecule has 0 bridgehead atoms. The minimum absolute atomic E-state index is 0.105. The minimum Gasteiger partial charge on any atom is -0.494 e. The average Bonchev–Trinajstić information content (AvgIpc) is 2.77. The zero-order chi connectivity index (χ0) is 21.4. The van der Waals surface area contributed by atoms with Gasteiger partial charge in [-0.1, -0.05) is 61.2 Å². The fourth-order valence-electron chi connectivity index (χ4n) is 3.52. The van der Waals surface area contributed by atoms with Crippen LogP contribution in [0.2, 0.25) is 0 Å². The first-order valence-corrected chi connectivity index (χ1v) is 11.2. The van der Waals surface area contributed by atoms with Crippen molar-refractivity contribution in [2.45, 2.75) is 48.3 Å². The summed E-state index contributed by atoms with van der Waals surface area (Å²) in [5.74, 6) is 0.723. The topological polar surface area (TPSA) is 9.23 Å². The average molecular weight is 421 g/mol. The standard InChI is InChI=1S/C27H29FOS/c1-4-27(3,22-14-16-23(17-15-22)29-5-2)19-9-10-21-13-18-25(28)26(20-21)30-24-11-7-6-8-12-24/h4,6-8,11-18,20H,1,5,9-10,19H2,2-3H3. The van der Waals surface area contributed by atoms with Crippen molar-refractivity contribution >= 4 is 11.8 Å². The molecule has 0 radical (unpaired) electrons. The summed E-state index contributed by atoms with van der Waals surface area (Å²) >= 11 is 1.47. The number of allylic oxidation sites excluding steroid dienone is 1. The van der Waals surface area contributed by atoms with Crippen LogP contribution in [-0.2, 0) is 11.8 Å². The highest BCUT2D eigenvalue weighted by Gasteiger charge is 2.22. The van der Waals surface area contributed by atoms with E-state index in [1.165, 1.54) is 17.3 Å². The minimum atomic E-state index is -0.169. The maximum atomic E-state index is 14.3. The van der Waals surface area contributed by atoms with E-state index in [0.29, 0.717) is 11.5 Å². The van der Waals surface area contributed by atoms with Crippen molar-refractivity contribution in [3.05, 3.63) is 102 Å². The van der Waals surface area contributed by atoms with E-state index in [1.54, 1.807) is 6.07 Å². The second-order valence-electron chi connectivity index (χ2n) is 7.61. The van der Waals surface area contributed by atoms with Crippen molar-refractivity contribution < 1.29 is 9.13 Å². The van der Waals surface area contributed by atoms with Crippen molar-refractivity contribution in [2.75, 3.05) is 6.61 Å². The van der Waals surface area contributed by atoms with E-state index in [-0.39, 0.29) is 11.2 Å². The van der Waals surface area contributed by atoms with E-state index >= 15 is 0 Å². The molecule has 0 saturated carbocycles. The van der Waals surface area contributed by atoms with Gasteiger partial charge in [0.25, 0.3) is 0 Å². The lowest BCUT2D eigenvalue weighted by atomic mass is 9.78. The molecule has 3 heteroatoms. The van der Waals surface area contributed by atoms with E-state index < -0.39 is 0 Å². The summed E-state index contributed by atoms with van der Waals surface area (Å²) in [7, 11) is 0. The highest BCUT2D eigenvalue weighted by atomic mass is 32.2. The third kappa shape index (κ3) is 5.76. The Bertz CT molecular complexity index is 952. The molecule has 3 aromatic rings. The van der Waals surface area contributed by atoms with Gasteiger partial charge in [-0.05, 0) is 73.7 Å². The fraction of sp³-hybridized carbons (Fsp3) is 0.259. The third-order valence-electron chi connectivity index (χ3n) is 5.40. The van der Waals surface area contributed by atoms with Crippen molar-refractivity contribution in [3.63, 3.8) is 0 Å². The summed E-state index contributed by atoms with van der Waals surface area (Å²) in [4.78, 5) is 1.72. The molecule has 0 aromatic heterocycles. The van der Waals surface area contributed by atoms with Crippen LogP contribution < -0.4 is 4.74 Å². The molecule has 0 aliphatic carbocycles. The summed E-state index contributed by atoms with van der Waals surface area (Å²) in [6, 6.07) is 23.7. The molecule has 0 N–H and O–H groups in total. The number of ether oxygens (including phenoxy) is 1. The Morgan fingerprint density at radius 1 is 1.03 bits per heavy atom. The Kier molecular flexibility index (Phi) is 7.75. The molecule has 30 heavy (non-hydrogen) atoms. The van der Waals surface area contributed by atoms with Crippen LogP contribution in [0.3, 0.4) is 0 Å². The first-order chi connectivity index (χ1) is 14.5. The molecule has 0 saturated heterocycles. The van der Waals surface area contributed by atoms with Crippen LogP contribution in [0, 0.1) is 5.82 Å². The first kappa shape index (κ1) is 22.2.